The normalized spacial score (nSPS) is 34.1. The molecule has 1 fully saturated rings. The van der Waals surface area contributed by atoms with Crippen LogP contribution in [0, 0.1) is 17.3 Å². The topological polar surface area (TPSA) is 57.5 Å². The number of hydrogen-bond donors (Lipinski definition) is 2. The van der Waals surface area contributed by atoms with E-state index in [2.05, 4.69) is 20.8 Å². The van der Waals surface area contributed by atoms with Crippen LogP contribution in [0.4, 0.5) is 0 Å². The van der Waals surface area contributed by atoms with Crippen LogP contribution in [0.25, 0.3) is 0 Å². The minimum atomic E-state index is -0.857. The smallest absolute Gasteiger partial charge is 0.309 e. The monoisotopic (exact) mass is 200 g/mol. The lowest BCUT2D eigenvalue weighted by Gasteiger charge is -2.38. The fourth-order valence-corrected chi connectivity index (χ4v) is 2.22. The molecule has 82 valence electrons. The highest BCUT2D eigenvalue weighted by Gasteiger charge is 2.37. The van der Waals surface area contributed by atoms with E-state index in [9.17, 15) is 9.90 Å². The Morgan fingerprint density at radius 3 is 2.21 bits per heavy atom. The van der Waals surface area contributed by atoms with Crippen molar-refractivity contribution in [3.05, 3.63) is 0 Å². The van der Waals surface area contributed by atoms with Crippen molar-refractivity contribution in [3.63, 3.8) is 0 Å². The lowest BCUT2D eigenvalue weighted by atomic mass is 9.69. The van der Waals surface area contributed by atoms with E-state index in [1.165, 1.54) is 0 Å². The third kappa shape index (κ3) is 2.47. The zero-order valence-corrected chi connectivity index (χ0v) is 9.16. The SMILES string of the molecule is CC(C)(C)[C@@H]1CC[C@@H](C(=O)O)[C@H](O)C1. The molecular formula is C11H20O3. The van der Waals surface area contributed by atoms with E-state index in [0.29, 0.717) is 18.8 Å². The first kappa shape index (κ1) is 11.5. The van der Waals surface area contributed by atoms with E-state index in [0.717, 1.165) is 6.42 Å². The van der Waals surface area contributed by atoms with Gasteiger partial charge < -0.3 is 10.2 Å². The van der Waals surface area contributed by atoms with Gasteiger partial charge in [0, 0.05) is 0 Å². The molecule has 0 heterocycles. The van der Waals surface area contributed by atoms with Crippen LogP contribution in [0.3, 0.4) is 0 Å². The number of carbonyl (C=O) groups is 1. The van der Waals surface area contributed by atoms with Crippen LogP contribution in [-0.4, -0.2) is 22.3 Å². The van der Waals surface area contributed by atoms with Crippen molar-refractivity contribution in [3.8, 4) is 0 Å². The maximum Gasteiger partial charge on any atom is 0.309 e. The summed E-state index contributed by atoms with van der Waals surface area (Å²) < 4.78 is 0. The van der Waals surface area contributed by atoms with Gasteiger partial charge in [0.05, 0.1) is 12.0 Å². The van der Waals surface area contributed by atoms with Gasteiger partial charge in [-0.1, -0.05) is 20.8 Å². The second-order valence-electron chi connectivity index (χ2n) is 5.39. The van der Waals surface area contributed by atoms with Crippen molar-refractivity contribution in [2.24, 2.45) is 17.3 Å². The van der Waals surface area contributed by atoms with E-state index < -0.39 is 18.0 Å². The molecule has 0 unspecified atom stereocenters. The van der Waals surface area contributed by atoms with Crippen molar-refractivity contribution in [1.29, 1.82) is 0 Å². The lowest BCUT2D eigenvalue weighted by molar-refractivity contribution is -0.149. The Balaban J connectivity index is 2.60. The van der Waals surface area contributed by atoms with E-state index in [4.69, 9.17) is 5.11 Å². The number of aliphatic carboxylic acids is 1. The van der Waals surface area contributed by atoms with Crippen molar-refractivity contribution in [1.82, 2.24) is 0 Å². The van der Waals surface area contributed by atoms with E-state index in [1.807, 2.05) is 0 Å². The van der Waals surface area contributed by atoms with Crippen molar-refractivity contribution < 1.29 is 15.0 Å². The molecule has 3 heteroatoms. The summed E-state index contributed by atoms with van der Waals surface area (Å²) in [5.74, 6) is -0.966. The molecule has 14 heavy (non-hydrogen) atoms. The Morgan fingerprint density at radius 2 is 1.86 bits per heavy atom. The number of aliphatic hydroxyl groups excluding tert-OH is 1. The Hall–Kier alpha value is -0.570. The average molecular weight is 200 g/mol. The quantitative estimate of drug-likeness (QED) is 0.679. The fraction of sp³-hybridized carbons (Fsp3) is 0.909. The summed E-state index contributed by atoms with van der Waals surface area (Å²) in [4.78, 5) is 10.8. The van der Waals surface area contributed by atoms with Crippen LogP contribution in [0.15, 0.2) is 0 Å². The van der Waals surface area contributed by atoms with Crippen LogP contribution < -0.4 is 0 Å². The van der Waals surface area contributed by atoms with E-state index in [-0.39, 0.29) is 5.41 Å². The van der Waals surface area contributed by atoms with Crippen molar-refractivity contribution in [2.75, 3.05) is 0 Å². The summed E-state index contributed by atoms with van der Waals surface area (Å²) in [6, 6.07) is 0. The highest BCUT2D eigenvalue weighted by molar-refractivity contribution is 5.70. The summed E-state index contributed by atoms with van der Waals surface area (Å²) in [6.45, 7) is 6.43. The summed E-state index contributed by atoms with van der Waals surface area (Å²) in [5, 5.41) is 18.5. The van der Waals surface area contributed by atoms with Gasteiger partial charge in [-0.3, -0.25) is 4.79 Å². The van der Waals surface area contributed by atoms with Gasteiger partial charge in [-0.25, -0.2) is 0 Å². The molecule has 0 spiro atoms. The van der Waals surface area contributed by atoms with Crippen molar-refractivity contribution in [2.45, 2.75) is 46.1 Å². The summed E-state index contributed by atoms with van der Waals surface area (Å²) in [5.41, 5.74) is 0.171. The van der Waals surface area contributed by atoms with Gasteiger partial charge in [0.15, 0.2) is 0 Å². The molecule has 1 aliphatic carbocycles. The largest absolute Gasteiger partial charge is 0.481 e. The predicted molar refractivity (Wildman–Crippen MR) is 53.9 cm³/mol. The molecule has 3 atom stereocenters. The third-order valence-corrected chi connectivity index (χ3v) is 3.36. The van der Waals surface area contributed by atoms with Gasteiger partial charge >= 0.3 is 5.97 Å². The van der Waals surface area contributed by atoms with Crippen LogP contribution in [0.2, 0.25) is 0 Å². The second kappa shape index (κ2) is 3.89. The molecule has 1 saturated carbocycles. The van der Waals surface area contributed by atoms with Gasteiger partial charge in [-0.2, -0.15) is 0 Å². The zero-order chi connectivity index (χ0) is 10.9. The molecule has 0 aromatic heterocycles. The molecule has 0 aromatic carbocycles. The summed E-state index contributed by atoms with van der Waals surface area (Å²) in [6.07, 6.45) is 1.49. The zero-order valence-electron chi connectivity index (χ0n) is 9.16. The molecule has 0 radical (unpaired) electrons. The molecule has 0 aromatic rings. The number of rotatable bonds is 1. The minimum absolute atomic E-state index is 0.171. The lowest BCUT2D eigenvalue weighted by Crippen LogP contribution is -2.38. The number of carboxylic acids is 1. The van der Waals surface area contributed by atoms with E-state index >= 15 is 0 Å². The van der Waals surface area contributed by atoms with Crippen molar-refractivity contribution >= 4 is 5.97 Å². The Bertz CT molecular complexity index is 217. The molecule has 0 amide bonds. The highest BCUT2D eigenvalue weighted by Crippen LogP contribution is 2.39. The molecule has 0 saturated heterocycles. The molecule has 1 aliphatic rings. The molecule has 1 rings (SSSR count). The summed E-state index contributed by atoms with van der Waals surface area (Å²) in [7, 11) is 0. The first-order chi connectivity index (χ1) is 6.32. The minimum Gasteiger partial charge on any atom is -0.481 e. The predicted octanol–water partition coefficient (Wildman–Crippen LogP) is 1.89. The fourth-order valence-electron chi connectivity index (χ4n) is 2.22. The maximum atomic E-state index is 10.8. The van der Waals surface area contributed by atoms with Gasteiger partial charge in [-0.15, -0.1) is 0 Å². The van der Waals surface area contributed by atoms with Gasteiger partial charge in [0.1, 0.15) is 0 Å². The average Bonchev–Trinajstić information content (AvgIpc) is 2.01. The van der Waals surface area contributed by atoms with E-state index in [1.54, 1.807) is 0 Å². The van der Waals surface area contributed by atoms with Crippen LogP contribution in [0.1, 0.15) is 40.0 Å². The number of hydrogen-bond acceptors (Lipinski definition) is 2. The first-order valence-corrected chi connectivity index (χ1v) is 5.23. The first-order valence-electron chi connectivity index (χ1n) is 5.23. The van der Waals surface area contributed by atoms with Crippen LogP contribution in [-0.2, 0) is 4.79 Å². The van der Waals surface area contributed by atoms with Gasteiger partial charge in [0.25, 0.3) is 0 Å². The standard InChI is InChI=1S/C11H20O3/c1-11(2,3)7-4-5-8(10(13)14)9(12)6-7/h7-9,12H,4-6H2,1-3H3,(H,13,14)/t7-,8-,9-/m1/s1. The van der Waals surface area contributed by atoms with Crippen LogP contribution in [0.5, 0.6) is 0 Å². The Morgan fingerprint density at radius 1 is 1.29 bits per heavy atom. The number of aliphatic hydroxyl groups is 1. The molecule has 0 aliphatic heterocycles. The molecule has 0 bridgehead atoms. The molecule has 2 N–H and O–H groups in total. The highest BCUT2D eigenvalue weighted by atomic mass is 16.4. The van der Waals surface area contributed by atoms with Gasteiger partial charge in [0.2, 0.25) is 0 Å². The second-order valence-corrected chi connectivity index (χ2v) is 5.39. The van der Waals surface area contributed by atoms with Crippen LogP contribution >= 0.6 is 0 Å². The maximum absolute atomic E-state index is 10.8. The van der Waals surface area contributed by atoms with Gasteiger partial charge in [-0.05, 0) is 30.6 Å². The Labute approximate surface area is 85.1 Å². The molecule has 3 nitrogen and oxygen atoms in total. The molecular weight excluding hydrogens is 180 g/mol. The summed E-state index contributed by atoms with van der Waals surface area (Å²) >= 11 is 0. The number of carboxylic acid groups (broad SMARTS) is 1. The third-order valence-electron chi connectivity index (χ3n) is 3.36. The Kier molecular flexibility index (Phi) is 3.20.